The van der Waals surface area contributed by atoms with Crippen LogP contribution in [0.25, 0.3) is 0 Å². The van der Waals surface area contributed by atoms with Crippen molar-refractivity contribution < 1.29 is 33.4 Å². The van der Waals surface area contributed by atoms with Crippen LogP contribution in [-0.4, -0.2) is 109 Å². The molecule has 3 N–H and O–H groups in total. The van der Waals surface area contributed by atoms with E-state index < -0.39 is 41.7 Å². The highest BCUT2D eigenvalue weighted by atomic mass is 32.1. The second-order valence-electron chi connectivity index (χ2n) is 15.1. The molecule has 2 rings (SSSR count). The highest BCUT2D eigenvalue weighted by Gasteiger charge is 2.43. The van der Waals surface area contributed by atoms with Crippen LogP contribution < -0.4 is 11.1 Å². The van der Waals surface area contributed by atoms with Gasteiger partial charge in [-0.1, -0.05) is 83.6 Å². The summed E-state index contributed by atoms with van der Waals surface area (Å²) in [6.45, 7) is 13.8. The van der Waals surface area contributed by atoms with Crippen molar-refractivity contribution in [1.29, 1.82) is 0 Å². The Bertz CT molecular complexity index is 1300. The normalized spacial score (nSPS) is 19.0. The zero-order chi connectivity index (χ0) is 38.6. The number of ether oxygens (including phenoxy) is 3. The summed E-state index contributed by atoms with van der Waals surface area (Å²) in [7, 11) is 6.29. The van der Waals surface area contributed by atoms with Gasteiger partial charge in [-0.2, -0.15) is 0 Å². The van der Waals surface area contributed by atoms with Crippen molar-refractivity contribution >= 4 is 40.8 Å². The fourth-order valence-corrected chi connectivity index (χ4v) is 7.40. The first-order valence-electron chi connectivity index (χ1n) is 18.3. The van der Waals surface area contributed by atoms with Crippen molar-refractivity contribution in [3.05, 3.63) is 35.9 Å². The largest absolute Gasteiger partial charge is 0.467 e. The van der Waals surface area contributed by atoms with E-state index in [0.29, 0.717) is 18.0 Å². The number of likely N-dealkylation sites (tertiary alicyclic amines) is 1. The number of esters is 1. The Kier molecular flexibility index (Phi) is 17.6. The van der Waals surface area contributed by atoms with E-state index in [-0.39, 0.29) is 54.2 Å². The van der Waals surface area contributed by atoms with Crippen LogP contribution in [0.1, 0.15) is 86.1 Å². The highest BCUT2D eigenvalue weighted by molar-refractivity contribution is 7.80. The summed E-state index contributed by atoms with van der Waals surface area (Å²) in [5.74, 6) is -1.80. The number of carbonyl (C=O) groups excluding carboxylic acids is 4. The summed E-state index contributed by atoms with van der Waals surface area (Å²) in [6, 6.07) is 8.31. The van der Waals surface area contributed by atoms with Crippen molar-refractivity contribution in [3.63, 3.8) is 0 Å². The summed E-state index contributed by atoms with van der Waals surface area (Å²) < 4.78 is 17.1. The maximum atomic E-state index is 14.2. The zero-order valence-corrected chi connectivity index (χ0v) is 33.6. The summed E-state index contributed by atoms with van der Waals surface area (Å²) in [6.07, 6.45) is 1.78. The number of thiocarbonyl (C=S) groups is 1. The van der Waals surface area contributed by atoms with Crippen molar-refractivity contribution in [2.75, 3.05) is 34.9 Å². The maximum Gasteiger partial charge on any atom is 0.328 e. The molecule has 1 aliphatic heterocycles. The molecule has 0 bridgehead atoms. The van der Waals surface area contributed by atoms with Crippen LogP contribution in [0, 0.1) is 23.7 Å². The quantitative estimate of drug-likeness (QED) is 0.145. The Labute approximate surface area is 311 Å². The molecule has 1 fully saturated rings. The Balaban J connectivity index is 2.27. The second-order valence-corrected chi connectivity index (χ2v) is 15.5. The highest BCUT2D eigenvalue weighted by Crippen LogP contribution is 2.31. The van der Waals surface area contributed by atoms with Crippen LogP contribution >= 0.6 is 12.2 Å². The van der Waals surface area contributed by atoms with E-state index in [1.165, 1.54) is 7.11 Å². The molecule has 0 aromatic heterocycles. The van der Waals surface area contributed by atoms with Crippen molar-refractivity contribution in [3.8, 4) is 0 Å². The van der Waals surface area contributed by atoms with Gasteiger partial charge in [0.15, 0.2) is 5.78 Å². The van der Waals surface area contributed by atoms with Gasteiger partial charge in [0.25, 0.3) is 0 Å². The van der Waals surface area contributed by atoms with E-state index in [4.69, 9.17) is 32.2 Å². The molecule has 1 aromatic rings. The number of Topliss-reactive ketones (excluding diaryl/α,β-unsaturated/α-hetero) is 1. The summed E-state index contributed by atoms with van der Waals surface area (Å²) in [4.78, 5) is 57.9. The number of hydrogen-bond donors (Lipinski definition) is 2. The number of ketones is 1. The average molecular weight is 733 g/mol. The third kappa shape index (κ3) is 12.1. The topological polar surface area (TPSA) is 140 Å². The maximum absolute atomic E-state index is 14.2. The second kappa shape index (κ2) is 20.3. The van der Waals surface area contributed by atoms with Crippen LogP contribution in [0.5, 0.6) is 0 Å². The average Bonchev–Trinajstić information content (AvgIpc) is 3.58. The number of nitrogens with two attached hydrogens (primary N) is 1. The lowest BCUT2D eigenvalue weighted by Crippen LogP contribution is -2.55. The van der Waals surface area contributed by atoms with Crippen molar-refractivity contribution in [1.82, 2.24) is 15.1 Å². The first kappa shape index (κ1) is 44.2. The number of rotatable bonds is 20. The molecule has 0 radical (unpaired) electrons. The molecule has 1 heterocycles. The third-order valence-electron chi connectivity index (χ3n) is 10.6. The first-order chi connectivity index (χ1) is 23.9. The van der Waals surface area contributed by atoms with Crippen LogP contribution in [0.2, 0.25) is 0 Å². The number of carbonyl (C=O) groups is 4. The van der Waals surface area contributed by atoms with E-state index in [2.05, 4.69) is 12.2 Å². The molecule has 288 valence electrons. The van der Waals surface area contributed by atoms with Gasteiger partial charge in [0, 0.05) is 52.5 Å². The lowest BCUT2D eigenvalue weighted by Gasteiger charge is -2.41. The predicted molar refractivity (Wildman–Crippen MR) is 204 cm³/mol. The van der Waals surface area contributed by atoms with Gasteiger partial charge in [-0.3, -0.25) is 14.4 Å². The van der Waals surface area contributed by atoms with Crippen LogP contribution in [0.4, 0.5) is 0 Å². The Morgan fingerprint density at radius 2 is 1.67 bits per heavy atom. The lowest BCUT2D eigenvalue weighted by molar-refractivity contribution is -0.148. The smallest absolute Gasteiger partial charge is 0.328 e. The van der Waals surface area contributed by atoms with E-state index in [1.807, 2.05) is 62.9 Å². The minimum atomic E-state index is -1.04. The molecule has 8 atom stereocenters. The first-order valence-corrected chi connectivity index (χ1v) is 18.7. The van der Waals surface area contributed by atoms with E-state index in [1.54, 1.807) is 40.0 Å². The SMILES string of the molecule is CC[C@H](C)C([C@@H](CC(=O)N1CCC[C@H]1[C@H](OC)[C@@H](C)C(=S)N[C@@H](Cc1ccccc1)C(=O)OC)OC)N(C)C(=O)[C@@H](CC(=O)C(C)(C)N)C(C)C. The molecule has 1 aromatic carbocycles. The van der Waals surface area contributed by atoms with Crippen LogP contribution in [0.3, 0.4) is 0 Å². The molecule has 11 nitrogen and oxygen atoms in total. The van der Waals surface area contributed by atoms with E-state index >= 15 is 0 Å². The number of nitrogens with zero attached hydrogens (tertiary/aromatic N) is 2. The molecule has 0 aliphatic carbocycles. The molecule has 0 spiro atoms. The number of benzene rings is 1. The van der Waals surface area contributed by atoms with Crippen LogP contribution in [-0.2, 0) is 39.8 Å². The molecule has 1 unspecified atom stereocenters. The minimum Gasteiger partial charge on any atom is -0.467 e. The molecule has 2 amide bonds. The molecular weight excluding hydrogens is 669 g/mol. The van der Waals surface area contributed by atoms with Gasteiger partial charge >= 0.3 is 5.97 Å². The number of likely N-dealkylation sites (N-methyl/N-ethyl adjacent to an activating group) is 1. The van der Waals surface area contributed by atoms with Gasteiger partial charge in [0.05, 0.1) is 48.3 Å². The van der Waals surface area contributed by atoms with Gasteiger partial charge < -0.3 is 35.1 Å². The molecule has 12 heteroatoms. The molecule has 1 saturated heterocycles. The van der Waals surface area contributed by atoms with Gasteiger partial charge in [-0.25, -0.2) is 4.79 Å². The van der Waals surface area contributed by atoms with E-state index in [0.717, 1.165) is 24.8 Å². The van der Waals surface area contributed by atoms with Crippen molar-refractivity contribution in [2.45, 2.75) is 123 Å². The summed E-state index contributed by atoms with van der Waals surface area (Å²) in [5.41, 5.74) is 6.01. The number of amides is 2. The molecular formula is C39H64N4O7S. The standard InChI is InChI=1S/C39H64N4O7S/c1-12-25(4)34(42(8)37(46)28(24(2)3)22-32(44)39(6,7)40)31(48-9)23-33(45)43-20-16-19-30(43)35(49-10)26(5)36(51)41-29(38(47)50-11)21-27-17-14-13-15-18-27/h13-15,17-18,24-26,28-31,34-35H,12,16,19-23,40H2,1-11H3,(H,41,51)/t25-,26+,28-,29-,30-,31+,34?,35+/m0/s1. The molecule has 51 heavy (non-hydrogen) atoms. The number of methoxy groups -OCH3 is 3. The van der Waals surface area contributed by atoms with Gasteiger partial charge in [0.1, 0.15) is 6.04 Å². The zero-order valence-electron chi connectivity index (χ0n) is 32.8. The monoisotopic (exact) mass is 732 g/mol. The Hall–Kier alpha value is -2.93. The summed E-state index contributed by atoms with van der Waals surface area (Å²) in [5, 5.41) is 3.22. The van der Waals surface area contributed by atoms with Gasteiger partial charge in [-0.15, -0.1) is 0 Å². The van der Waals surface area contributed by atoms with Crippen molar-refractivity contribution in [2.24, 2.45) is 29.4 Å². The molecule has 0 saturated carbocycles. The number of hydrogen-bond acceptors (Lipinski definition) is 9. The fraction of sp³-hybridized carbons (Fsp3) is 0.718. The minimum absolute atomic E-state index is 0.00868. The third-order valence-corrected chi connectivity index (χ3v) is 11.1. The lowest BCUT2D eigenvalue weighted by atomic mass is 9.83. The van der Waals surface area contributed by atoms with Gasteiger partial charge in [-0.05, 0) is 44.1 Å². The van der Waals surface area contributed by atoms with Gasteiger partial charge in [0.2, 0.25) is 11.8 Å². The molecule has 1 aliphatic rings. The summed E-state index contributed by atoms with van der Waals surface area (Å²) >= 11 is 5.83. The fourth-order valence-electron chi connectivity index (χ4n) is 7.13. The Morgan fingerprint density at radius 3 is 2.18 bits per heavy atom. The van der Waals surface area contributed by atoms with E-state index in [9.17, 15) is 19.2 Å². The predicted octanol–water partition coefficient (Wildman–Crippen LogP) is 4.58. The Morgan fingerprint density at radius 1 is 1.04 bits per heavy atom. The number of nitrogens with one attached hydrogen (secondary N) is 1. The van der Waals surface area contributed by atoms with Crippen LogP contribution in [0.15, 0.2) is 30.3 Å².